The fourth-order valence-electron chi connectivity index (χ4n) is 3.50. The maximum Gasteiger partial charge on any atom is 0.220 e. The molecule has 1 amide bonds. The smallest absolute Gasteiger partial charge is 0.220 e. The predicted molar refractivity (Wildman–Crippen MR) is 99.5 cm³/mol. The van der Waals surface area contributed by atoms with Gasteiger partial charge in [0.1, 0.15) is 0 Å². The van der Waals surface area contributed by atoms with Gasteiger partial charge in [0.15, 0.2) is 0 Å². The van der Waals surface area contributed by atoms with Gasteiger partial charge in [-0.05, 0) is 48.9 Å². The van der Waals surface area contributed by atoms with Crippen LogP contribution in [-0.4, -0.2) is 17.7 Å². The van der Waals surface area contributed by atoms with E-state index in [-0.39, 0.29) is 30.4 Å². The molecule has 3 atom stereocenters. The topological polar surface area (TPSA) is 55.1 Å². The van der Waals surface area contributed by atoms with Crippen LogP contribution in [0.15, 0.2) is 23.1 Å². The third-order valence-corrected chi connectivity index (χ3v) is 6.12. The molecule has 1 aromatic carbocycles. The number of nitrogens with one attached hydrogen (secondary N) is 1. The third-order valence-electron chi connectivity index (χ3n) is 4.76. The maximum absolute atomic E-state index is 12.4. The van der Waals surface area contributed by atoms with Gasteiger partial charge in [0, 0.05) is 28.1 Å². The highest BCUT2D eigenvalue weighted by Crippen LogP contribution is 2.37. The first-order chi connectivity index (χ1) is 10.6. The van der Waals surface area contributed by atoms with E-state index in [4.69, 9.17) is 17.3 Å². The summed E-state index contributed by atoms with van der Waals surface area (Å²) in [5.41, 5.74) is 7.31. The lowest BCUT2D eigenvalue weighted by Crippen LogP contribution is -2.38. The van der Waals surface area contributed by atoms with Crippen molar-refractivity contribution in [2.24, 2.45) is 11.7 Å². The van der Waals surface area contributed by atoms with E-state index >= 15 is 0 Å². The van der Waals surface area contributed by atoms with Gasteiger partial charge in [0.05, 0.1) is 6.04 Å². The zero-order chi connectivity index (χ0) is 15.5. The summed E-state index contributed by atoms with van der Waals surface area (Å²) in [6.07, 6.45) is 6.05. The molecule has 1 aliphatic heterocycles. The summed E-state index contributed by atoms with van der Waals surface area (Å²) in [7, 11) is 0. The lowest BCUT2D eigenvalue weighted by atomic mass is 9.83. The zero-order valence-corrected chi connectivity index (χ0v) is 15.5. The number of amides is 1. The molecule has 0 saturated heterocycles. The molecule has 1 saturated carbocycles. The summed E-state index contributed by atoms with van der Waals surface area (Å²) >= 11 is 7.95. The van der Waals surface area contributed by atoms with Crippen LogP contribution < -0.4 is 11.1 Å². The first kappa shape index (κ1) is 18.9. The Morgan fingerprint density at radius 1 is 1.30 bits per heavy atom. The maximum atomic E-state index is 12.4. The van der Waals surface area contributed by atoms with Crippen molar-refractivity contribution in [2.45, 2.75) is 55.5 Å². The van der Waals surface area contributed by atoms with Gasteiger partial charge in [0.25, 0.3) is 0 Å². The molecule has 3 rings (SSSR count). The van der Waals surface area contributed by atoms with E-state index < -0.39 is 0 Å². The van der Waals surface area contributed by atoms with Gasteiger partial charge in [-0.25, -0.2) is 0 Å². The predicted octanol–water partition coefficient (Wildman–Crippen LogP) is 4.32. The first-order valence-corrected chi connectivity index (χ1v) is 9.47. The lowest BCUT2D eigenvalue weighted by molar-refractivity contribution is -0.123. The highest BCUT2D eigenvalue weighted by atomic mass is 35.5. The number of hydrogen-bond acceptors (Lipinski definition) is 3. The van der Waals surface area contributed by atoms with Gasteiger partial charge in [-0.1, -0.05) is 24.4 Å². The van der Waals surface area contributed by atoms with Gasteiger partial charge in [-0.3, -0.25) is 4.79 Å². The molecule has 0 radical (unpaired) electrons. The van der Waals surface area contributed by atoms with Crippen molar-refractivity contribution in [1.82, 2.24) is 5.32 Å². The number of carbonyl (C=O) groups excluding carboxylic acids is 1. The minimum Gasteiger partial charge on any atom is -0.349 e. The monoisotopic (exact) mass is 374 g/mol. The minimum absolute atomic E-state index is 0. The SMILES string of the molecule is Cl.NC1CCCCC1CC(=O)NC1CCSc2ccc(Cl)cc21. The van der Waals surface area contributed by atoms with E-state index in [1.807, 2.05) is 23.9 Å². The quantitative estimate of drug-likeness (QED) is 0.827. The molecule has 1 aliphatic carbocycles. The van der Waals surface area contributed by atoms with Crippen LogP contribution in [0.5, 0.6) is 0 Å². The van der Waals surface area contributed by atoms with Crippen molar-refractivity contribution < 1.29 is 4.79 Å². The number of carbonyl (C=O) groups is 1. The molecule has 0 bridgehead atoms. The van der Waals surface area contributed by atoms with Crippen LogP contribution in [0.3, 0.4) is 0 Å². The number of rotatable bonds is 3. The Balaban J connectivity index is 0.00000192. The molecule has 1 heterocycles. The molecule has 3 nitrogen and oxygen atoms in total. The van der Waals surface area contributed by atoms with Crippen LogP contribution in [-0.2, 0) is 4.79 Å². The molecule has 0 aromatic heterocycles. The van der Waals surface area contributed by atoms with E-state index in [1.54, 1.807) is 0 Å². The fraction of sp³-hybridized carbons (Fsp3) is 0.588. The zero-order valence-electron chi connectivity index (χ0n) is 13.1. The van der Waals surface area contributed by atoms with Gasteiger partial charge in [-0.2, -0.15) is 0 Å². The Morgan fingerprint density at radius 2 is 2.09 bits per heavy atom. The fourth-order valence-corrected chi connectivity index (χ4v) is 4.78. The van der Waals surface area contributed by atoms with Gasteiger partial charge >= 0.3 is 0 Å². The second kappa shape index (κ2) is 8.61. The molecule has 3 unspecified atom stereocenters. The molecular weight excluding hydrogens is 351 g/mol. The van der Waals surface area contributed by atoms with Crippen LogP contribution in [0.25, 0.3) is 0 Å². The number of halogens is 2. The molecular formula is C17H24Cl2N2OS. The molecule has 1 fully saturated rings. The van der Waals surface area contributed by atoms with Crippen LogP contribution >= 0.6 is 35.8 Å². The number of nitrogens with two attached hydrogens (primary N) is 1. The van der Waals surface area contributed by atoms with Crippen molar-refractivity contribution in [3.8, 4) is 0 Å². The molecule has 6 heteroatoms. The van der Waals surface area contributed by atoms with E-state index in [0.717, 1.165) is 35.6 Å². The van der Waals surface area contributed by atoms with Crippen LogP contribution in [0, 0.1) is 5.92 Å². The Bertz CT molecular complexity index is 555. The van der Waals surface area contributed by atoms with Gasteiger partial charge in [-0.15, -0.1) is 24.2 Å². The number of fused-ring (bicyclic) bond motifs is 1. The largest absolute Gasteiger partial charge is 0.349 e. The van der Waals surface area contributed by atoms with Crippen molar-refractivity contribution >= 4 is 41.7 Å². The standard InChI is InChI=1S/C17H23ClN2OS.ClH/c18-12-5-6-16-13(10-12)15(7-8-22-16)20-17(21)9-11-3-1-2-4-14(11)19;/h5-6,10-11,14-15H,1-4,7-9,19H2,(H,20,21);1H. The lowest BCUT2D eigenvalue weighted by Gasteiger charge is -2.30. The number of benzene rings is 1. The third kappa shape index (κ3) is 4.79. The Hall–Kier alpha value is -0.420. The number of hydrogen-bond donors (Lipinski definition) is 2. The second-order valence-corrected chi connectivity index (χ2v) is 7.93. The van der Waals surface area contributed by atoms with Crippen LogP contribution in [0.4, 0.5) is 0 Å². The molecule has 23 heavy (non-hydrogen) atoms. The average Bonchev–Trinajstić information content (AvgIpc) is 2.50. The molecule has 2 aliphatic rings. The first-order valence-electron chi connectivity index (χ1n) is 8.10. The van der Waals surface area contributed by atoms with Crippen LogP contribution in [0.1, 0.15) is 50.1 Å². The van der Waals surface area contributed by atoms with Crippen molar-refractivity contribution in [3.05, 3.63) is 28.8 Å². The Labute approximate surface area is 153 Å². The summed E-state index contributed by atoms with van der Waals surface area (Å²) in [5.74, 6) is 1.50. The summed E-state index contributed by atoms with van der Waals surface area (Å²) in [5, 5.41) is 3.93. The minimum atomic E-state index is 0. The van der Waals surface area contributed by atoms with E-state index in [2.05, 4.69) is 11.4 Å². The molecule has 3 N–H and O–H groups in total. The van der Waals surface area contributed by atoms with Crippen LogP contribution in [0.2, 0.25) is 5.02 Å². The summed E-state index contributed by atoms with van der Waals surface area (Å²) in [6, 6.07) is 6.22. The summed E-state index contributed by atoms with van der Waals surface area (Å²) < 4.78 is 0. The van der Waals surface area contributed by atoms with Gasteiger partial charge < -0.3 is 11.1 Å². The summed E-state index contributed by atoms with van der Waals surface area (Å²) in [6.45, 7) is 0. The van der Waals surface area contributed by atoms with Gasteiger partial charge in [0.2, 0.25) is 5.91 Å². The molecule has 0 spiro atoms. The number of thioether (sulfide) groups is 1. The highest BCUT2D eigenvalue weighted by Gasteiger charge is 2.27. The van der Waals surface area contributed by atoms with E-state index in [0.29, 0.717) is 12.3 Å². The van der Waals surface area contributed by atoms with Crippen molar-refractivity contribution in [3.63, 3.8) is 0 Å². The average molecular weight is 375 g/mol. The Kier molecular flexibility index (Phi) is 7.08. The molecule has 1 aromatic rings. The van der Waals surface area contributed by atoms with E-state index in [1.165, 1.54) is 17.7 Å². The van der Waals surface area contributed by atoms with Crippen molar-refractivity contribution in [2.75, 3.05) is 5.75 Å². The normalized spacial score (nSPS) is 26.8. The van der Waals surface area contributed by atoms with E-state index in [9.17, 15) is 4.79 Å². The Morgan fingerprint density at radius 3 is 2.87 bits per heavy atom. The molecule has 128 valence electrons. The van der Waals surface area contributed by atoms with Crippen molar-refractivity contribution in [1.29, 1.82) is 0 Å². The highest BCUT2D eigenvalue weighted by molar-refractivity contribution is 7.99. The second-order valence-electron chi connectivity index (χ2n) is 6.35. The summed E-state index contributed by atoms with van der Waals surface area (Å²) in [4.78, 5) is 13.6.